The van der Waals surface area contributed by atoms with Gasteiger partial charge in [0.1, 0.15) is 5.69 Å². The Kier molecular flexibility index (Phi) is 4.93. The summed E-state index contributed by atoms with van der Waals surface area (Å²) in [6.45, 7) is 3.91. The molecule has 4 rings (SSSR count). The van der Waals surface area contributed by atoms with Crippen molar-refractivity contribution in [2.45, 2.75) is 13.0 Å². The summed E-state index contributed by atoms with van der Waals surface area (Å²) in [5.74, 6) is 0.290. The largest absolute Gasteiger partial charge is 0.368 e. The maximum Gasteiger partial charge on any atom is 0.273 e. The first-order valence-corrected chi connectivity index (χ1v) is 9.12. The van der Waals surface area contributed by atoms with Crippen LogP contribution in [0.15, 0.2) is 48.9 Å². The minimum atomic E-state index is 0.00414. The van der Waals surface area contributed by atoms with Gasteiger partial charge in [0, 0.05) is 62.3 Å². The van der Waals surface area contributed by atoms with Crippen molar-refractivity contribution in [2.75, 3.05) is 31.9 Å². The SMILES string of the molecule is Nc1ncc(CN2CCCN(C(=O)c3nccc4ccccc34)CC2)cn1. The molecule has 0 aliphatic carbocycles. The predicted octanol–water partition coefficient (Wildman–Crippen LogP) is 1.96. The van der Waals surface area contributed by atoms with Crippen LogP contribution in [-0.2, 0) is 6.54 Å². The number of nitrogens with zero attached hydrogens (tertiary/aromatic N) is 5. The van der Waals surface area contributed by atoms with E-state index >= 15 is 0 Å². The highest BCUT2D eigenvalue weighted by molar-refractivity contribution is 6.05. The second-order valence-corrected chi connectivity index (χ2v) is 6.75. The molecule has 0 saturated carbocycles. The summed E-state index contributed by atoms with van der Waals surface area (Å²) in [4.78, 5) is 29.8. The van der Waals surface area contributed by atoms with Crippen LogP contribution in [0.4, 0.5) is 5.95 Å². The molecule has 138 valence electrons. The molecule has 0 atom stereocenters. The lowest BCUT2D eigenvalue weighted by atomic mass is 10.1. The van der Waals surface area contributed by atoms with Gasteiger partial charge in [-0.2, -0.15) is 0 Å². The zero-order valence-electron chi connectivity index (χ0n) is 15.1. The molecule has 3 aromatic rings. The van der Waals surface area contributed by atoms with E-state index in [4.69, 9.17) is 5.73 Å². The Morgan fingerprint density at radius 2 is 1.81 bits per heavy atom. The number of benzene rings is 1. The van der Waals surface area contributed by atoms with Gasteiger partial charge in [0.15, 0.2) is 0 Å². The van der Waals surface area contributed by atoms with Gasteiger partial charge in [0.05, 0.1) is 0 Å². The number of anilines is 1. The fourth-order valence-corrected chi connectivity index (χ4v) is 3.48. The van der Waals surface area contributed by atoms with Gasteiger partial charge in [0.2, 0.25) is 5.95 Å². The summed E-state index contributed by atoms with van der Waals surface area (Å²) in [5.41, 5.74) is 7.11. The third-order valence-electron chi connectivity index (χ3n) is 4.88. The van der Waals surface area contributed by atoms with E-state index in [1.807, 2.05) is 35.2 Å². The number of aromatic nitrogens is 3. The Bertz CT molecular complexity index is 937. The van der Waals surface area contributed by atoms with Crippen LogP contribution in [0.2, 0.25) is 0 Å². The minimum Gasteiger partial charge on any atom is -0.368 e. The van der Waals surface area contributed by atoms with Gasteiger partial charge in [-0.25, -0.2) is 9.97 Å². The van der Waals surface area contributed by atoms with E-state index in [2.05, 4.69) is 19.9 Å². The minimum absolute atomic E-state index is 0.00414. The van der Waals surface area contributed by atoms with Crippen LogP contribution in [0.1, 0.15) is 22.5 Å². The van der Waals surface area contributed by atoms with Gasteiger partial charge in [-0.15, -0.1) is 0 Å². The van der Waals surface area contributed by atoms with Crippen LogP contribution in [0.3, 0.4) is 0 Å². The highest BCUT2D eigenvalue weighted by Gasteiger charge is 2.22. The highest BCUT2D eigenvalue weighted by atomic mass is 16.2. The molecule has 0 spiro atoms. The van der Waals surface area contributed by atoms with E-state index < -0.39 is 0 Å². The summed E-state index contributed by atoms with van der Waals surface area (Å²) < 4.78 is 0. The first-order valence-electron chi connectivity index (χ1n) is 9.12. The molecule has 2 N–H and O–H groups in total. The molecule has 27 heavy (non-hydrogen) atoms. The lowest BCUT2D eigenvalue weighted by molar-refractivity contribution is 0.0757. The lowest BCUT2D eigenvalue weighted by Gasteiger charge is -2.22. The van der Waals surface area contributed by atoms with Crippen LogP contribution in [0, 0.1) is 0 Å². The van der Waals surface area contributed by atoms with Gasteiger partial charge in [-0.1, -0.05) is 24.3 Å². The topological polar surface area (TPSA) is 88.2 Å². The number of amides is 1. The standard InChI is InChI=1S/C20H22N6O/c21-20-23-12-15(13-24-20)14-25-8-3-9-26(11-10-25)19(27)18-17-5-2-1-4-16(17)6-7-22-18/h1-2,4-7,12-13H,3,8-11,14H2,(H2,21,23,24). The first-order chi connectivity index (χ1) is 13.2. The number of carbonyl (C=O) groups is 1. The van der Waals surface area contributed by atoms with Crippen molar-refractivity contribution in [1.82, 2.24) is 24.8 Å². The number of carbonyl (C=O) groups excluding carboxylic acids is 1. The molecule has 1 aliphatic rings. The van der Waals surface area contributed by atoms with Crippen LogP contribution in [-0.4, -0.2) is 56.8 Å². The summed E-state index contributed by atoms with van der Waals surface area (Å²) in [7, 11) is 0. The summed E-state index contributed by atoms with van der Waals surface area (Å²) in [6, 6.07) is 9.82. The highest BCUT2D eigenvalue weighted by Crippen LogP contribution is 2.19. The normalized spacial score (nSPS) is 15.6. The smallest absolute Gasteiger partial charge is 0.273 e. The molecule has 2 aromatic heterocycles. The van der Waals surface area contributed by atoms with Crippen molar-refractivity contribution in [2.24, 2.45) is 0 Å². The summed E-state index contributed by atoms with van der Waals surface area (Å²) >= 11 is 0. The third-order valence-corrected chi connectivity index (χ3v) is 4.88. The van der Waals surface area contributed by atoms with Crippen molar-refractivity contribution >= 4 is 22.6 Å². The molecule has 7 nitrogen and oxygen atoms in total. The number of pyridine rings is 1. The fraction of sp³-hybridized carbons (Fsp3) is 0.300. The Labute approximate surface area is 157 Å². The van der Waals surface area contributed by atoms with E-state index in [1.54, 1.807) is 18.6 Å². The second-order valence-electron chi connectivity index (χ2n) is 6.75. The summed E-state index contributed by atoms with van der Waals surface area (Å²) in [6.07, 6.45) is 6.15. The van der Waals surface area contributed by atoms with Gasteiger partial charge in [0.25, 0.3) is 5.91 Å². The maximum atomic E-state index is 13.1. The number of hydrogen-bond donors (Lipinski definition) is 1. The van der Waals surface area contributed by atoms with Gasteiger partial charge < -0.3 is 10.6 Å². The number of nitrogen functional groups attached to an aromatic ring is 1. The molecule has 0 radical (unpaired) electrons. The van der Waals surface area contributed by atoms with E-state index in [9.17, 15) is 4.79 Å². The monoisotopic (exact) mass is 362 g/mol. The predicted molar refractivity (Wildman–Crippen MR) is 104 cm³/mol. The zero-order valence-corrected chi connectivity index (χ0v) is 15.1. The van der Waals surface area contributed by atoms with Crippen LogP contribution >= 0.6 is 0 Å². The molecule has 1 aromatic carbocycles. The average molecular weight is 362 g/mol. The van der Waals surface area contributed by atoms with Gasteiger partial charge >= 0.3 is 0 Å². The Balaban J connectivity index is 1.46. The third kappa shape index (κ3) is 3.88. The Morgan fingerprint density at radius 3 is 2.67 bits per heavy atom. The Morgan fingerprint density at radius 1 is 1.00 bits per heavy atom. The van der Waals surface area contributed by atoms with Crippen molar-refractivity contribution in [3.8, 4) is 0 Å². The van der Waals surface area contributed by atoms with Gasteiger partial charge in [-0.05, 0) is 17.9 Å². The van der Waals surface area contributed by atoms with Crippen LogP contribution < -0.4 is 5.73 Å². The molecule has 1 saturated heterocycles. The van der Waals surface area contributed by atoms with Crippen molar-refractivity contribution in [1.29, 1.82) is 0 Å². The van der Waals surface area contributed by atoms with E-state index in [0.29, 0.717) is 12.2 Å². The molecule has 1 amide bonds. The molecule has 0 bridgehead atoms. The quantitative estimate of drug-likeness (QED) is 0.766. The maximum absolute atomic E-state index is 13.1. The molecule has 7 heteroatoms. The number of rotatable bonds is 3. The average Bonchev–Trinajstić information content (AvgIpc) is 2.94. The van der Waals surface area contributed by atoms with Crippen LogP contribution in [0.25, 0.3) is 10.8 Å². The number of hydrogen-bond acceptors (Lipinski definition) is 6. The molecular formula is C20H22N6O. The van der Waals surface area contributed by atoms with E-state index in [-0.39, 0.29) is 11.9 Å². The molecule has 1 fully saturated rings. The molecular weight excluding hydrogens is 340 g/mol. The fourth-order valence-electron chi connectivity index (χ4n) is 3.48. The van der Waals surface area contributed by atoms with Crippen LogP contribution in [0.5, 0.6) is 0 Å². The second kappa shape index (κ2) is 7.67. The molecule has 3 heterocycles. The lowest BCUT2D eigenvalue weighted by Crippen LogP contribution is -2.35. The van der Waals surface area contributed by atoms with Crippen molar-refractivity contribution < 1.29 is 4.79 Å². The number of nitrogens with two attached hydrogens (primary N) is 1. The van der Waals surface area contributed by atoms with Crippen molar-refractivity contribution in [3.05, 3.63) is 60.2 Å². The summed E-state index contributed by atoms with van der Waals surface area (Å²) in [5, 5.41) is 1.95. The molecule has 0 unspecified atom stereocenters. The molecule has 1 aliphatic heterocycles. The Hall–Kier alpha value is -3.06. The van der Waals surface area contributed by atoms with E-state index in [0.717, 1.165) is 48.9 Å². The van der Waals surface area contributed by atoms with E-state index in [1.165, 1.54) is 0 Å². The zero-order chi connectivity index (χ0) is 18.6. The van der Waals surface area contributed by atoms with Gasteiger partial charge in [-0.3, -0.25) is 14.7 Å². The number of fused-ring (bicyclic) bond motifs is 1. The van der Waals surface area contributed by atoms with Crippen molar-refractivity contribution in [3.63, 3.8) is 0 Å². The first kappa shape index (κ1) is 17.4.